The molecule has 0 radical (unpaired) electrons. The van der Waals surface area contributed by atoms with Gasteiger partial charge in [-0.3, -0.25) is 9.10 Å². The Kier molecular flexibility index (Phi) is 4.49. The maximum atomic E-state index is 12.2. The van der Waals surface area contributed by atoms with Crippen molar-refractivity contribution >= 4 is 33.4 Å². The number of nitrogens with zero attached hydrogens (tertiary/aromatic N) is 1. The van der Waals surface area contributed by atoms with Crippen LogP contribution in [0.4, 0.5) is 11.4 Å². The molecule has 2 aliphatic rings. The first-order chi connectivity index (χ1) is 13.0. The van der Waals surface area contributed by atoms with Gasteiger partial charge in [-0.1, -0.05) is 12.1 Å². The van der Waals surface area contributed by atoms with Crippen LogP contribution in [0.3, 0.4) is 0 Å². The van der Waals surface area contributed by atoms with E-state index < -0.39 is 10.0 Å². The van der Waals surface area contributed by atoms with Crippen LogP contribution in [0.1, 0.15) is 12.0 Å². The van der Waals surface area contributed by atoms with Crippen LogP contribution in [-0.4, -0.2) is 33.4 Å². The van der Waals surface area contributed by atoms with Crippen LogP contribution in [0.15, 0.2) is 48.5 Å². The van der Waals surface area contributed by atoms with Gasteiger partial charge in [0.15, 0.2) is 11.5 Å². The number of nitrogens with one attached hydrogen (secondary N) is 1. The van der Waals surface area contributed by atoms with Gasteiger partial charge in [0, 0.05) is 18.3 Å². The summed E-state index contributed by atoms with van der Waals surface area (Å²) in [6.07, 6.45) is 3.69. The summed E-state index contributed by atoms with van der Waals surface area (Å²) in [5, 5.41) is 2.75. The topological polar surface area (TPSA) is 84.9 Å². The third-order valence-electron chi connectivity index (χ3n) is 4.32. The zero-order chi connectivity index (χ0) is 18.9. The molecule has 7 nitrogen and oxygen atoms in total. The second-order valence-electron chi connectivity index (χ2n) is 6.23. The van der Waals surface area contributed by atoms with Crippen molar-refractivity contribution in [3.8, 4) is 11.5 Å². The zero-order valence-corrected chi connectivity index (χ0v) is 15.2. The fourth-order valence-electron chi connectivity index (χ4n) is 3.04. The van der Waals surface area contributed by atoms with Crippen LogP contribution in [0, 0.1) is 0 Å². The monoisotopic (exact) mass is 386 g/mol. The average molecular weight is 386 g/mol. The Labute approximate surface area is 157 Å². The fraction of sp³-hybridized carbons (Fsp3) is 0.211. The van der Waals surface area contributed by atoms with Crippen molar-refractivity contribution in [1.82, 2.24) is 0 Å². The Hall–Kier alpha value is -3.00. The van der Waals surface area contributed by atoms with Crippen molar-refractivity contribution in [2.24, 2.45) is 0 Å². The molecule has 2 aromatic carbocycles. The van der Waals surface area contributed by atoms with E-state index in [2.05, 4.69) is 5.32 Å². The minimum Gasteiger partial charge on any atom is -0.454 e. The van der Waals surface area contributed by atoms with Crippen LogP contribution < -0.4 is 19.1 Å². The molecule has 0 atom stereocenters. The number of fused-ring (bicyclic) bond motifs is 1. The van der Waals surface area contributed by atoms with Crippen LogP contribution in [0.5, 0.6) is 11.5 Å². The van der Waals surface area contributed by atoms with E-state index >= 15 is 0 Å². The lowest BCUT2D eigenvalue weighted by molar-refractivity contribution is -0.111. The highest BCUT2D eigenvalue weighted by atomic mass is 32.2. The van der Waals surface area contributed by atoms with Crippen LogP contribution in [0.25, 0.3) is 6.08 Å². The summed E-state index contributed by atoms with van der Waals surface area (Å²) < 4.78 is 36.0. The molecule has 1 fully saturated rings. The molecule has 1 amide bonds. The van der Waals surface area contributed by atoms with E-state index in [0.29, 0.717) is 35.8 Å². The highest BCUT2D eigenvalue weighted by Crippen LogP contribution is 2.32. The van der Waals surface area contributed by atoms with Crippen LogP contribution in [-0.2, 0) is 14.8 Å². The summed E-state index contributed by atoms with van der Waals surface area (Å²) in [5.74, 6) is 1.18. The third kappa shape index (κ3) is 3.75. The van der Waals surface area contributed by atoms with E-state index in [0.717, 1.165) is 5.56 Å². The van der Waals surface area contributed by atoms with E-state index in [1.54, 1.807) is 42.5 Å². The Morgan fingerprint density at radius 3 is 2.78 bits per heavy atom. The normalized spacial score (nSPS) is 17.4. The van der Waals surface area contributed by atoms with Crippen molar-refractivity contribution < 1.29 is 22.7 Å². The first kappa shape index (κ1) is 17.4. The minimum atomic E-state index is -3.25. The number of carbonyl (C=O) groups is 1. The van der Waals surface area contributed by atoms with Crippen molar-refractivity contribution in [2.75, 3.05) is 28.7 Å². The molecule has 0 bridgehead atoms. The number of benzene rings is 2. The van der Waals surface area contributed by atoms with Gasteiger partial charge in [0.05, 0.1) is 11.4 Å². The Bertz CT molecular complexity index is 1020. The fourth-order valence-corrected chi connectivity index (χ4v) is 4.60. The quantitative estimate of drug-likeness (QED) is 0.817. The Morgan fingerprint density at radius 1 is 1.11 bits per heavy atom. The number of amides is 1. The number of hydrogen-bond acceptors (Lipinski definition) is 5. The number of rotatable bonds is 4. The number of ether oxygens (including phenoxy) is 2. The molecule has 4 rings (SSSR count). The molecular formula is C19H18N2O5S. The summed E-state index contributed by atoms with van der Waals surface area (Å²) in [6.45, 7) is 0.663. The van der Waals surface area contributed by atoms with Gasteiger partial charge in [-0.05, 0) is 48.4 Å². The smallest absolute Gasteiger partial charge is 0.248 e. The molecule has 27 heavy (non-hydrogen) atoms. The van der Waals surface area contributed by atoms with Gasteiger partial charge in [0.25, 0.3) is 0 Å². The van der Waals surface area contributed by atoms with Crippen molar-refractivity contribution in [3.63, 3.8) is 0 Å². The third-order valence-corrected chi connectivity index (χ3v) is 6.19. The SMILES string of the molecule is O=C(/C=C/c1ccc2c(c1)OCO2)Nc1cccc(N2CCCS2(=O)=O)c1. The van der Waals surface area contributed by atoms with Gasteiger partial charge in [-0.2, -0.15) is 0 Å². The molecular weight excluding hydrogens is 368 g/mol. The van der Waals surface area contributed by atoms with Crippen molar-refractivity contribution in [3.05, 3.63) is 54.1 Å². The molecule has 0 saturated carbocycles. The molecule has 1 saturated heterocycles. The number of carbonyl (C=O) groups excluding carboxylic acids is 1. The second-order valence-corrected chi connectivity index (χ2v) is 8.24. The summed E-state index contributed by atoms with van der Waals surface area (Å²) in [7, 11) is -3.25. The summed E-state index contributed by atoms with van der Waals surface area (Å²) in [5.41, 5.74) is 1.91. The largest absolute Gasteiger partial charge is 0.454 e. The summed E-state index contributed by atoms with van der Waals surface area (Å²) in [6, 6.07) is 12.2. The molecule has 2 heterocycles. The molecule has 2 aliphatic heterocycles. The number of sulfonamides is 1. The molecule has 0 aromatic heterocycles. The van der Waals surface area contributed by atoms with Gasteiger partial charge in [0.1, 0.15) is 0 Å². The Balaban J connectivity index is 1.45. The maximum Gasteiger partial charge on any atom is 0.248 e. The van der Waals surface area contributed by atoms with E-state index in [1.807, 2.05) is 6.07 Å². The first-order valence-corrected chi connectivity index (χ1v) is 10.1. The highest BCUT2D eigenvalue weighted by Gasteiger charge is 2.28. The molecule has 8 heteroatoms. The van der Waals surface area contributed by atoms with Gasteiger partial charge in [0.2, 0.25) is 22.7 Å². The van der Waals surface area contributed by atoms with Gasteiger partial charge >= 0.3 is 0 Å². The molecule has 2 aromatic rings. The van der Waals surface area contributed by atoms with Gasteiger partial charge < -0.3 is 14.8 Å². The van der Waals surface area contributed by atoms with E-state index in [9.17, 15) is 13.2 Å². The predicted octanol–water partition coefficient (Wildman–Crippen LogP) is 2.61. The predicted molar refractivity (Wildman–Crippen MR) is 102 cm³/mol. The van der Waals surface area contributed by atoms with Gasteiger partial charge in [-0.25, -0.2) is 8.42 Å². The van der Waals surface area contributed by atoms with Crippen LogP contribution >= 0.6 is 0 Å². The molecule has 1 N–H and O–H groups in total. The summed E-state index contributed by atoms with van der Waals surface area (Å²) in [4.78, 5) is 12.2. The van der Waals surface area contributed by atoms with Crippen molar-refractivity contribution in [1.29, 1.82) is 0 Å². The zero-order valence-electron chi connectivity index (χ0n) is 14.4. The molecule has 0 spiro atoms. The van der Waals surface area contributed by atoms with Crippen molar-refractivity contribution in [2.45, 2.75) is 6.42 Å². The highest BCUT2D eigenvalue weighted by molar-refractivity contribution is 7.93. The van der Waals surface area contributed by atoms with Crippen LogP contribution in [0.2, 0.25) is 0 Å². The number of anilines is 2. The lowest BCUT2D eigenvalue weighted by Crippen LogP contribution is -2.25. The van der Waals surface area contributed by atoms with E-state index in [1.165, 1.54) is 10.4 Å². The molecule has 140 valence electrons. The maximum absolute atomic E-state index is 12.2. The molecule has 0 aliphatic carbocycles. The average Bonchev–Trinajstić information content (AvgIpc) is 3.25. The minimum absolute atomic E-state index is 0.155. The van der Waals surface area contributed by atoms with E-state index in [4.69, 9.17) is 9.47 Å². The molecule has 0 unspecified atom stereocenters. The lowest BCUT2D eigenvalue weighted by Gasteiger charge is -2.17. The van der Waals surface area contributed by atoms with E-state index in [-0.39, 0.29) is 18.5 Å². The summed E-state index contributed by atoms with van der Waals surface area (Å²) >= 11 is 0. The van der Waals surface area contributed by atoms with Gasteiger partial charge in [-0.15, -0.1) is 0 Å². The lowest BCUT2D eigenvalue weighted by atomic mass is 10.2. The Morgan fingerprint density at radius 2 is 1.96 bits per heavy atom. The second kappa shape index (κ2) is 6.96. The first-order valence-electron chi connectivity index (χ1n) is 8.50. The standard InChI is InChI=1S/C19H18N2O5S/c22-19(8-6-14-5-7-17-18(11-14)26-13-25-17)20-15-3-1-4-16(12-15)21-9-2-10-27(21,23)24/h1,3-8,11-12H,2,9-10,13H2,(H,20,22)/b8-6+. The number of hydrogen-bond donors (Lipinski definition) is 1.